The molecule has 0 aromatic carbocycles. The number of amides is 1. The second-order valence-electron chi connectivity index (χ2n) is 6.27. The van der Waals surface area contributed by atoms with Crippen LogP contribution in [0.15, 0.2) is 10.5 Å². The van der Waals surface area contributed by atoms with Gasteiger partial charge < -0.3 is 24.3 Å². The van der Waals surface area contributed by atoms with Crippen molar-refractivity contribution >= 4 is 29.8 Å². The van der Waals surface area contributed by atoms with Gasteiger partial charge >= 0.3 is 18.0 Å². The fourth-order valence-corrected chi connectivity index (χ4v) is 2.74. The van der Waals surface area contributed by atoms with Gasteiger partial charge in [-0.3, -0.25) is 0 Å². The third-order valence-electron chi connectivity index (χ3n) is 2.86. The summed E-state index contributed by atoms with van der Waals surface area (Å²) in [5.74, 6) is -0.628. The van der Waals surface area contributed by atoms with Crippen LogP contribution in [-0.4, -0.2) is 47.6 Å². The molecule has 25 heavy (non-hydrogen) atoms. The molecule has 1 amide bonds. The van der Waals surface area contributed by atoms with Crippen molar-refractivity contribution in [3.63, 3.8) is 0 Å². The Kier molecular flexibility index (Phi) is 7.35. The van der Waals surface area contributed by atoms with E-state index in [0.717, 1.165) is 0 Å². The van der Waals surface area contributed by atoms with Gasteiger partial charge in [-0.2, -0.15) is 11.8 Å². The van der Waals surface area contributed by atoms with Gasteiger partial charge in [0.1, 0.15) is 17.4 Å². The molecule has 2 N–H and O–H groups in total. The van der Waals surface area contributed by atoms with Crippen LogP contribution in [0.5, 0.6) is 0 Å². The lowest BCUT2D eigenvalue weighted by Crippen LogP contribution is -2.44. The Morgan fingerprint density at radius 1 is 1.36 bits per heavy atom. The summed E-state index contributed by atoms with van der Waals surface area (Å²) in [5.41, 5.74) is -0.0693. The van der Waals surface area contributed by atoms with E-state index in [2.05, 4.69) is 10.1 Å². The fourth-order valence-electron chi connectivity index (χ4n) is 1.82. The standard InChI is InChI=1S/C16H23NO7S/c1-9-6-10(23-12(9)14(20)22-5)7-25-8-11(13(18)19)17-15(21)24-16(2,3)4/h6,11H,7-8H2,1-5H3,(H,17,21)(H,18,19). The van der Waals surface area contributed by atoms with E-state index in [-0.39, 0.29) is 11.5 Å². The lowest BCUT2D eigenvalue weighted by molar-refractivity contribution is -0.138. The first-order valence-corrected chi connectivity index (χ1v) is 8.66. The van der Waals surface area contributed by atoms with Gasteiger partial charge in [0.05, 0.1) is 12.9 Å². The molecule has 140 valence electrons. The van der Waals surface area contributed by atoms with Gasteiger partial charge in [-0.25, -0.2) is 14.4 Å². The molecule has 1 aromatic rings. The van der Waals surface area contributed by atoms with E-state index in [1.807, 2.05) is 0 Å². The number of hydrogen-bond acceptors (Lipinski definition) is 7. The first-order chi connectivity index (χ1) is 11.5. The van der Waals surface area contributed by atoms with Gasteiger partial charge in [0.15, 0.2) is 0 Å². The molecule has 0 radical (unpaired) electrons. The van der Waals surface area contributed by atoms with E-state index in [0.29, 0.717) is 17.1 Å². The van der Waals surface area contributed by atoms with Crippen LogP contribution >= 0.6 is 11.8 Å². The molecule has 1 aromatic heterocycles. The number of esters is 1. The summed E-state index contributed by atoms with van der Waals surface area (Å²) in [6, 6.07) is 0.590. The third-order valence-corrected chi connectivity index (χ3v) is 3.92. The van der Waals surface area contributed by atoms with E-state index in [1.54, 1.807) is 33.8 Å². The lowest BCUT2D eigenvalue weighted by atomic mass is 10.2. The van der Waals surface area contributed by atoms with E-state index < -0.39 is 29.7 Å². The SMILES string of the molecule is COC(=O)c1oc(CSCC(NC(=O)OC(C)(C)C)C(=O)O)cc1C. The second-order valence-corrected chi connectivity index (χ2v) is 7.30. The van der Waals surface area contributed by atoms with Crippen molar-refractivity contribution in [2.24, 2.45) is 0 Å². The number of carboxylic acid groups (broad SMARTS) is 1. The minimum Gasteiger partial charge on any atom is -0.480 e. The summed E-state index contributed by atoms with van der Waals surface area (Å²) in [4.78, 5) is 34.4. The molecule has 9 heteroatoms. The Balaban J connectivity index is 2.57. The largest absolute Gasteiger partial charge is 0.480 e. The maximum Gasteiger partial charge on any atom is 0.408 e. The first-order valence-electron chi connectivity index (χ1n) is 7.51. The Morgan fingerprint density at radius 2 is 2.00 bits per heavy atom. The van der Waals surface area contributed by atoms with Crippen LogP contribution in [0, 0.1) is 6.92 Å². The lowest BCUT2D eigenvalue weighted by Gasteiger charge is -2.21. The minimum atomic E-state index is -1.16. The van der Waals surface area contributed by atoms with Crippen LogP contribution in [0.1, 0.15) is 42.6 Å². The predicted molar refractivity (Wildman–Crippen MR) is 91.7 cm³/mol. The predicted octanol–water partition coefficient (Wildman–Crippen LogP) is 2.59. The number of carbonyl (C=O) groups is 3. The molecular formula is C16H23NO7S. The number of alkyl carbamates (subject to hydrolysis) is 1. The quantitative estimate of drug-likeness (QED) is 0.701. The van der Waals surface area contributed by atoms with Crippen molar-refractivity contribution in [2.45, 2.75) is 45.1 Å². The van der Waals surface area contributed by atoms with Crippen molar-refractivity contribution in [3.8, 4) is 0 Å². The van der Waals surface area contributed by atoms with Crippen LogP contribution in [-0.2, 0) is 20.0 Å². The van der Waals surface area contributed by atoms with Crippen LogP contribution in [0.2, 0.25) is 0 Å². The van der Waals surface area contributed by atoms with Gasteiger partial charge in [0.25, 0.3) is 0 Å². The normalized spacial score (nSPS) is 12.4. The average Bonchev–Trinajstić information content (AvgIpc) is 2.84. The Hall–Kier alpha value is -2.16. The molecule has 1 heterocycles. The van der Waals surface area contributed by atoms with Gasteiger partial charge in [-0.1, -0.05) is 0 Å². The molecule has 1 atom stereocenters. The maximum absolute atomic E-state index is 11.7. The van der Waals surface area contributed by atoms with E-state index in [1.165, 1.54) is 18.9 Å². The third kappa shape index (κ3) is 7.08. The number of nitrogens with one attached hydrogen (secondary N) is 1. The van der Waals surface area contributed by atoms with E-state index in [4.69, 9.17) is 9.15 Å². The number of rotatable bonds is 7. The van der Waals surface area contributed by atoms with Crippen molar-refractivity contribution in [2.75, 3.05) is 12.9 Å². The Labute approximate surface area is 150 Å². The van der Waals surface area contributed by atoms with Crippen molar-refractivity contribution in [1.82, 2.24) is 5.32 Å². The number of carbonyl (C=O) groups excluding carboxylic acids is 2. The number of hydrogen-bond donors (Lipinski definition) is 2. The number of methoxy groups -OCH3 is 1. The van der Waals surface area contributed by atoms with Crippen LogP contribution < -0.4 is 5.32 Å². The van der Waals surface area contributed by atoms with Crippen LogP contribution in [0.4, 0.5) is 4.79 Å². The minimum absolute atomic E-state index is 0.113. The molecule has 0 fully saturated rings. The summed E-state index contributed by atoms with van der Waals surface area (Å²) in [6.45, 7) is 6.79. The molecule has 0 saturated carbocycles. The highest BCUT2D eigenvalue weighted by Crippen LogP contribution is 2.21. The number of thioether (sulfide) groups is 1. The monoisotopic (exact) mass is 373 g/mol. The van der Waals surface area contributed by atoms with Gasteiger partial charge in [0.2, 0.25) is 5.76 Å². The highest BCUT2D eigenvalue weighted by atomic mass is 32.2. The molecule has 0 spiro atoms. The molecular weight excluding hydrogens is 350 g/mol. The van der Waals surface area contributed by atoms with E-state index in [9.17, 15) is 19.5 Å². The number of aryl methyl sites for hydroxylation is 1. The second kappa shape index (κ2) is 8.80. The number of carboxylic acids is 1. The summed E-state index contributed by atoms with van der Waals surface area (Å²) in [6.07, 6.45) is -0.790. The molecule has 0 saturated heterocycles. The smallest absolute Gasteiger partial charge is 0.408 e. The van der Waals surface area contributed by atoms with Gasteiger partial charge in [0, 0.05) is 11.3 Å². The molecule has 1 unspecified atom stereocenters. The highest BCUT2D eigenvalue weighted by molar-refractivity contribution is 7.98. The first kappa shape index (κ1) is 20.9. The molecule has 0 aliphatic rings. The summed E-state index contributed by atoms with van der Waals surface area (Å²) >= 11 is 1.25. The number of aliphatic carboxylic acids is 1. The number of furan rings is 1. The summed E-state index contributed by atoms with van der Waals surface area (Å²) < 4.78 is 15.1. The molecule has 1 rings (SSSR count). The fraction of sp³-hybridized carbons (Fsp3) is 0.562. The zero-order valence-corrected chi connectivity index (χ0v) is 15.7. The maximum atomic E-state index is 11.7. The summed E-state index contributed by atoms with van der Waals surface area (Å²) in [5, 5.41) is 11.5. The highest BCUT2D eigenvalue weighted by Gasteiger charge is 2.24. The topological polar surface area (TPSA) is 115 Å². The summed E-state index contributed by atoms with van der Waals surface area (Å²) in [7, 11) is 1.26. The molecule has 8 nitrogen and oxygen atoms in total. The Bertz CT molecular complexity index is 633. The van der Waals surface area contributed by atoms with E-state index >= 15 is 0 Å². The van der Waals surface area contributed by atoms with Crippen LogP contribution in [0.3, 0.4) is 0 Å². The zero-order chi connectivity index (χ0) is 19.2. The number of ether oxygens (including phenoxy) is 2. The average molecular weight is 373 g/mol. The van der Waals surface area contributed by atoms with Crippen molar-refractivity contribution in [1.29, 1.82) is 0 Å². The van der Waals surface area contributed by atoms with Crippen LogP contribution in [0.25, 0.3) is 0 Å². The van der Waals surface area contributed by atoms with Crippen molar-refractivity contribution in [3.05, 3.63) is 23.2 Å². The molecule has 0 aliphatic heterocycles. The van der Waals surface area contributed by atoms with Gasteiger partial charge in [-0.05, 0) is 33.8 Å². The van der Waals surface area contributed by atoms with Gasteiger partial charge in [-0.15, -0.1) is 0 Å². The molecule has 0 aliphatic carbocycles. The molecule has 0 bridgehead atoms. The Morgan fingerprint density at radius 3 is 2.52 bits per heavy atom. The van der Waals surface area contributed by atoms with Crippen molar-refractivity contribution < 1.29 is 33.4 Å². The zero-order valence-electron chi connectivity index (χ0n) is 14.9.